The smallest absolute Gasteiger partial charge is 0.278 e. The largest absolute Gasteiger partial charge is 0.353 e. The zero-order chi connectivity index (χ0) is 18.6. The van der Waals surface area contributed by atoms with Crippen LogP contribution in [0.3, 0.4) is 0 Å². The molecule has 3 heterocycles. The van der Waals surface area contributed by atoms with Crippen molar-refractivity contribution >= 4 is 28.1 Å². The molecule has 1 aliphatic heterocycles. The molecule has 1 saturated heterocycles. The van der Waals surface area contributed by atoms with Gasteiger partial charge in [-0.15, -0.1) is 16.4 Å². The zero-order valence-electron chi connectivity index (χ0n) is 14.9. The number of nitrogens with zero attached hydrogens (tertiary/aromatic N) is 4. The fourth-order valence-electron chi connectivity index (χ4n) is 3.47. The average molecular weight is 383 g/mol. The highest BCUT2D eigenvalue weighted by Gasteiger charge is 2.24. The van der Waals surface area contributed by atoms with E-state index in [2.05, 4.69) is 32.0 Å². The van der Waals surface area contributed by atoms with Crippen molar-refractivity contribution in [2.45, 2.75) is 25.4 Å². The Hall–Kier alpha value is -2.58. The first-order valence-electron chi connectivity index (χ1n) is 9.09. The first-order valence-corrected chi connectivity index (χ1v) is 9.97. The summed E-state index contributed by atoms with van der Waals surface area (Å²) in [6, 6.07) is 11.3. The molecule has 27 heavy (non-hydrogen) atoms. The van der Waals surface area contributed by atoms with Gasteiger partial charge in [0.1, 0.15) is 12.1 Å². The van der Waals surface area contributed by atoms with Gasteiger partial charge in [-0.1, -0.05) is 23.4 Å². The van der Waals surface area contributed by atoms with E-state index in [4.69, 9.17) is 0 Å². The SMILES string of the molecule is O=C(Cn1nnc2ccccc2c1=O)NCC(c1cccs1)N1CCCC1. The van der Waals surface area contributed by atoms with Gasteiger partial charge < -0.3 is 5.32 Å². The molecule has 1 aliphatic rings. The minimum Gasteiger partial charge on any atom is -0.353 e. The van der Waals surface area contributed by atoms with E-state index < -0.39 is 0 Å². The Balaban J connectivity index is 1.44. The first-order chi connectivity index (χ1) is 13.2. The van der Waals surface area contributed by atoms with Crippen molar-refractivity contribution in [3.05, 3.63) is 57.0 Å². The maximum Gasteiger partial charge on any atom is 0.278 e. The summed E-state index contributed by atoms with van der Waals surface area (Å²) >= 11 is 1.71. The molecule has 1 unspecified atom stereocenters. The zero-order valence-corrected chi connectivity index (χ0v) is 15.7. The van der Waals surface area contributed by atoms with Crippen LogP contribution in [0.1, 0.15) is 23.8 Å². The third-order valence-corrected chi connectivity index (χ3v) is 5.84. The molecule has 2 aromatic heterocycles. The Labute approximate surface area is 160 Å². The second-order valence-electron chi connectivity index (χ2n) is 6.65. The van der Waals surface area contributed by atoms with Gasteiger partial charge in [-0.05, 0) is 49.5 Å². The van der Waals surface area contributed by atoms with Crippen molar-refractivity contribution in [2.75, 3.05) is 19.6 Å². The molecule has 140 valence electrons. The molecule has 4 rings (SSSR count). The number of aromatic nitrogens is 3. The number of nitrogens with one attached hydrogen (secondary N) is 1. The van der Waals surface area contributed by atoms with E-state index in [9.17, 15) is 9.59 Å². The number of fused-ring (bicyclic) bond motifs is 1. The van der Waals surface area contributed by atoms with Gasteiger partial charge in [-0.3, -0.25) is 14.5 Å². The maximum atomic E-state index is 12.5. The molecular weight excluding hydrogens is 362 g/mol. The predicted molar refractivity (Wildman–Crippen MR) is 105 cm³/mol. The highest BCUT2D eigenvalue weighted by atomic mass is 32.1. The van der Waals surface area contributed by atoms with E-state index in [1.165, 1.54) is 17.7 Å². The Morgan fingerprint density at radius 2 is 2.00 bits per heavy atom. The third kappa shape index (κ3) is 3.91. The van der Waals surface area contributed by atoms with Crippen LogP contribution in [0.25, 0.3) is 10.9 Å². The number of benzene rings is 1. The van der Waals surface area contributed by atoms with Crippen molar-refractivity contribution in [3.8, 4) is 0 Å². The molecular formula is C19H21N5O2S. The van der Waals surface area contributed by atoms with Gasteiger partial charge in [0.15, 0.2) is 0 Å². The second kappa shape index (κ2) is 7.98. The van der Waals surface area contributed by atoms with E-state index in [-0.39, 0.29) is 24.1 Å². The number of amides is 1. The number of rotatable bonds is 6. The van der Waals surface area contributed by atoms with Gasteiger partial charge in [-0.25, -0.2) is 4.68 Å². The van der Waals surface area contributed by atoms with Crippen LogP contribution in [0.5, 0.6) is 0 Å². The Morgan fingerprint density at radius 1 is 1.19 bits per heavy atom. The van der Waals surface area contributed by atoms with Crippen molar-refractivity contribution < 1.29 is 4.79 Å². The fraction of sp³-hybridized carbons (Fsp3) is 0.368. The van der Waals surface area contributed by atoms with E-state index in [0.717, 1.165) is 17.8 Å². The van der Waals surface area contributed by atoms with Crippen LogP contribution in [0, 0.1) is 0 Å². The summed E-state index contributed by atoms with van der Waals surface area (Å²) in [5.74, 6) is -0.234. The molecule has 7 nitrogen and oxygen atoms in total. The number of likely N-dealkylation sites (tertiary alicyclic amines) is 1. The summed E-state index contributed by atoms with van der Waals surface area (Å²) in [5, 5.41) is 13.4. The Bertz CT molecular complexity index is 979. The molecule has 0 saturated carbocycles. The van der Waals surface area contributed by atoms with Gasteiger partial charge in [0.2, 0.25) is 5.91 Å². The highest BCUT2D eigenvalue weighted by molar-refractivity contribution is 7.10. The van der Waals surface area contributed by atoms with Gasteiger partial charge >= 0.3 is 0 Å². The normalized spacial score (nSPS) is 15.9. The lowest BCUT2D eigenvalue weighted by Crippen LogP contribution is -2.39. The number of carbonyl (C=O) groups is 1. The summed E-state index contributed by atoms with van der Waals surface area (Å²) in [7, 11) is 0. The van der Waals surface area contributed by atoms with Crippen molar-refractivity contribution in [3.63, 3.8) is 0 Å². The minimum atomic E-state index is -0.301. The summed E-state index contributed by atoms with van der Waals surface area (Å²) in [6.45, 7) is 2.49. The van der Waals surface area contributed by atoms with Crippen molar-refractivity contribution in [1.82, 2.24) is 25.2 Å². The molecule has 1 aromatic carbocycles. The summed E-state index contributed by atoms with van der Waals surface area (Å²) in [5.41, 5.74) is 0.232. The molecule has 3 aromatic rings. The van der Waals surface area contributed by atoms with E-state index in [1.807, 2.05) is 6.07 Å². The van der Waals surface area contributed by atoms with E-state index in [0.29, 0.717) is 17.4 Å². The predicted octanol–water partition coefficient (Wildman–Crippen LogP) is 1.81. The monoisotopic (exact) mass is 383 g/mol. The van der Waals surface area contributed by atoms with Gasteiger partial charge in [0.25, 0.3) is 5.56 Å². The Kier molecular flexibility index (Phi) is 5.26. The lowest BCUT2D eigenvalue weighted by molar-refractivity contribution is -0.122. The van der Waals surface area contributed by atoms with Gasteiger partial charge in [0, 0.05) is 11.4 Å². The number of thiophene rings is 1. The number of hydrogen-bond acceptors (Lipinski definition) is 6. The molecule has 8 heteroatoms. The van der Waals surface area contributed by atoms with E-state index >= 15 is 0 Å². The van der Waals surface area contributed by atoms with Crippen LogP contribution in [0.15, 0.2) is 46.6 Å². The molecule has 1 atom stereocenters. The van der Waals surface area contributed by atoms with Crippen molar-refractivity contribution in [1.29, 1.82) is 0 Å². The molecule has 0 spiro atoms. The summed E-state index contributed by atoms with van der Waals surface area (Å²) < 4.78 is 1.12. The lowest BCUT2D eigenvalue weighted by Gasteiger charge is -2.26. The lowest BCUT2D eigenvalue weighted by atomic mass is 10.2. The molecule has 1 N–H and O–H groups in total. The van der Waals surface area contributed by atoms with Crippen LogP contribution < -0.4 is 10.9 Å². The Morgan fingerprint density at radius 3 is 2.78 bits per heavy atom. The van der Waals surface area contributed by atoms with Crippen molar-refractivity contribution in [2.24, 2.45) is 0 Å². The van der Waals surface area contributed by atoms with Crippen LogP contribution in [-0.2, 0) is 11.3 Å². The molecule has 1 amide bonds. The quantitative estimate of drug-likeness (QED) is 0.702. The number of carbonyl (C=O) groups excluding carboxylic acids is 1. The maximum absolute atomic E-state index is 12.5. The average Bonchev–Trinajstić information content (AvgIpc) is 3.39. The first kappa shape index (κ1) is 17.8. The molecule has 0 bridgehead atoms. The standard InChI is InChI=1S/C19H21N5O2S/c25-18(13-24-19(26)14-6-1-2-7-15(14)21-22-24)20-12-16(17-8-5-11-27-17)23-9-3-4-10-23/h1-2,5-8,11,16H,3-4,9-10,12-13H2,(H,20,25). The van der Waals surface area contributed by atoms with Crippen LogP contribution >= 0.6 is 11.3 Å². The summed E-state index contributed by atoms with van der Waals surface area (Å²) in [6.07, 6.45) is 2.38. The molecule has 0 aliphatic carbocycles. The van der Waals surface area contributed by atoms with Crippen LogP contribution in [-0.4, -0.2) is 45.4 Å². The van der Waals surface area contributed by atoms with E-state index in [1.54, 1.807) is 35.6 Å². The summed E-state index contributed by atoms with van der Waals surface area (Å²) in [4.78, 5) is 28.6. The molecule has 0 radical (unpaired) electrons. The fourth-order valence-corrected chi connectivity index (χ4v) is 4.33. The van der Waals surface area contributed by atoms with Crippen LogP contribution in [0.2, 0.25) is 0 Å². The number of hydrogen-bond donors (Lipinski definition) is 1. The highest BCUT2D eigenvalue weighted by Crippen LogP contribution is 2.27. The van der Waals surface area contributed by atoms with Gasteiger partial charge in [0.05, 0.1) is 11.4 Å². The van der Waals surface area contributed by atoms with Gasteiger partial charge in [-0.2, -0.15) is 0 Å². The third-order valence-electron chi connectivity index (χ3n) is 4.87. The van der Waals surface area contributed by atoms with Crippen LogP contribution in [0.4, 0.5) is 0 Å². The minimum absolute atomic E-state index is 0.131. The topological polar surface area (TPSA) is 80.1 Å². The second-order valence-corrected chi connectivity index (χ2v) is 7.63. The molecule has 1 fully saturated rings.